The minimum Gasteiger partial charge on any atom is -0.310 e. The van der Waals surface area contributed by atoms with E-state index in [1.54, 1.807) is 6.07 Å². The fourth-order valence-corrected chi connectivity index (χ4v) is 2.15. The molecule has 1 nitrogen and oxygen atoms in total. The second-order valence-corrected chi connectivity index (χ2v) is 5.46. The molecule has 1 unspecified atom stereocenters. The molecule has 0 saturated heterocycles. The maximum atomic E-state index is 12.8. The fourth-order valence-electron chi connectivity index (χ4n) is 2.15. The van der Waals surface area contributed by atoms with Gasteiger partial charge >= 0.3 is 6.18 Å². The van der Waals surface area contributed by atoms with E-state index in [1.807, 2.05) is 6.92 Å². The largest absolute Gasteiger partial charge is 0.416 e. The summed E-state index contributed by atoms with van der Waals surface area (Å²) in [5, 5.41) is 3.30. The number of rotatable bonds is 5. The monoisotopic (exact) mass is 273 g/mol. The summed E-state index contributed by atoms with van der Waals surface area (Å²) >= 11 is 0. The second-order valence-electron chi connectivity index (χ2n) is 5.46. The maximum Gasteiger partial charge on any atom is 0.416 e. The molecule has 0 aliphatic rings. The molecule has 0 radical (unpaired) electrons. The number of hydrogen-bond acceptors (Lipinski definition) is 1. The summed E-state index contributed by atoms with van der Waals surface area (Å²) in [4.78, 5) is 0. The van der Waals surface area contributed by atoms with Gasteiger partial charge in [-0.2, -0.15) is 13.2 Å². The van der Waals surface area contributed by atoms with Crippen LogP contribution in [0, 0.1) is 5.41 Å². The van der Waals surface area contributed by atoms with E-state index in [1.165, 1.54) is 12.1 Å². The summed E-state index contributed by atoms with van der Waals surface area (Å²) < 4.78 is 38.3. The molecule has 4 heteroatoms. The number of nitrogens with one attached hydrogen (secondary N) is 1. The highest BCUT2D eigenvalue weighted by Gasteiger charge is 2.33. The Bertz CT molecular complexity index is 410. The lowest BCUT2D eigenvalue weighted by Crippen LogP contribution is -2.34. The van der Waals surface area contributed by atoms with Gasteiger partial charge in [-0.1, -0.05) is 39.8 Å². The molecule has 0 amide bonds. The van der Waals surface area contributed by atoms with Gasteiger partial charge in [-0.3, -0.25) is 0 Å². The van der Waals surface area contributed by atoms with Gasteiger partial charge in [0.2, 0.25) is 0 Å². The third-order valence-corrected chi connectivity index (χ3v) is 3.65. The number of alkyl halides is 3. The Balaban J connectivity index is 3.17. The Morgan fingerprint density at radius 1 is 1.16 bits per heavy atom. The fraction of sp³-hybridized carbons (Fsp3) is 0.600. The van der Waals surface area contributed by atoms with Crippen molar-refractivity contribution in [1.82, 2.24) is 5.32 Å². The second kappa shape index (κ2) is 5.95. The van der Waals surface area contributed by atoms with Crippen LogP contribution >= 0.6 is 0 Å². The molecule has 0 aliphatic heterocycles. The highest BCUT2D eigenvalue weighted by atomic mass is 19.4. The molecule has 0 aromatic heterocycles. The van der Waals surface area contributed by atoms with E-state index in [0.717, 1.165) is 19.0 Å². The van der Waals surface area contributed by atoms with E-state index in [9.17, 15) is 13.2 Å². The van der Waals surface area contributed by atoms with E-state index >= 15 is 0 Å². The molecule has 1 aromatic rings. The average molecular weight is 273 g/mol. The number of hydrogen-bond donors (Lipinski definition) is 1. The van der Waals surface area contributed by atoms with Crippen LogP contribution < -0.4 is 5.32 Å². The predicted octanol–water partition coefficient (Wildman–Crippen LogP) is 4.79. The summed E-state index contributed by atoms with van der Waals surface area (Å²) in [6, 6.07) is 5.54. The van der Waals surface area contributed by atoms with Crippen molar-refractivity contribution in [1.29, 1.82) is 0 Å². The van der Waals surface area contributed by atoms with E-state index in [2.05, 4.69) is 26.1 Å². The van der Waals surface area contributed by atoms with Crippen molar-refractivity contribution in [3.8, 4) is 0 Å². The van der Waals surface area contributed by atoms with Gasteiger partial charge in [-0.15, -0.1) is 0 Å². The van der Waals surface area contributed by atoms with Crippen LogP contribution in [0.4, 0.5) is 13.2 Å². The molecule has 1 atom stereocenters. The smallest absolute Gasteiger partial charge is 0.310 e. The zero-order chi connectivity index (χ0) is 14.7. The highest BCUT2D eigenvalue weighted by Crippen LogP contribution is 2.38. The van der Waals surface area contributed by atoms with Crippen molar-refractivity contribution < 1.29 is 13.2 Å². The van der Waals surface area contributed by atoms with E-state index < -0.39 is 11.7 Å². The number of benzene rings is 1. The molecule has 0 fully saturated rings. The van der Waals surface area contributed by atoms with Gasteiger partial charge in [-0.05, 0) is 36.1 Å². The van der Waals surface area contributed by atoms with Gasteiger partial charge in [0.1, 0.15) is 0 Å². The summed E-state index contributed by atoms with van der Waals surface area (Å²) in [7, 11) is 0. The highest BCUT2D eigenvalue weighted by molar-refractivity contribution is 5.29. The Morgan fingerprint density at radius 3 is 2.26 bits per heavy atom. The lowest BCUT2D eigenvalue weighted by Gasteiger charge is -2.35. The third-order valence-electron chi connectivity index (χ3n) is 3.65. The van der Waals surface area contributed by atoms with Crippen molar-refractivity contribution in [2.24, 2.45) is 5.41 Å². The van der Waals surface area contributed by atoms with Crippen LogP contribution in [0.15, 0.2) is 24.3 Å². The van der Waals surface area contributed by atoms with Gasteiger partial charge in [0, 0.05) is 6.04 Å². The van der Waals surface area contributed by atoms with Crippen molar-refractivity contribution in [2.75, 3.05) is 6.54 Å². The van der Waals surface area contributed by atoms with Crippen LogP contribution in [0.25, 0.3) is 0 Å². The summed E-state index contributed by atoms with van der Waals surface area (Å²) in [6.45, 7) is 8.88. The van der Waals surface area contributed by atoms with Gasteiger partial charge in [0.15, 0.2) is 0 Å². The summed E-state index contributed by atoms with van der Waals surface area (Å²) in [6.07, 6.45) is -3.40. The van der Waals surface area contributed by atoms with Gasteiger partial charge in [0.05, 0.1) is 5.56 Å². The molecule has 19 heavy (non-hydrogen) atoms. The standard InChI is InChI=1S/C15H22F3N/c1-5-14(3,4)13(19-6-2)11-8-7-9-12(10-11)15(16,17)18/h7-10,13,19H,5-6H2,1-4H3. The lowest BCUT2D eigenvalue weighted by molar-refractivity contribution is -0.137. The first-order valence-corrected chi connectivity index (χ1v) is 6.63. The molecule has 0 saturated carbocycles. The maximum absolute atomic E-state index is 12.8. The summed E-state index contributed by atoms with van der Waals surface area (Å²) in [5.41, 5.74) is 0.0172. The molecule has 1 aromatic carbocycles. The van der Waals surface area contributed by atoms with Crippen LogP contribution in [0.2, 0.25) is 0 Å². The van der Waals surface area contributed by atoms with Crippen molar-refractivity contribution in [2.45, 2.75) is 46.3 Å². The minimum atomic E-state index is -4.29. The normalized spacial score (nSPS) is 14.5. The molecule has 108 valence electrons. The molecule has 1 N–H and O–H groups in total. The van der Waals surface area contributed by atoms with Crippen molar-refractivity contribution in [3.63, 3.8) is 0 Å². The SMILES string of the molecule is CCNC(c1cccc(C(F)(F)F)c1)C(C)(C)CC. The first kappa shape index (κ1) is 16.0. The van der Waals surface area contributed by atoms with Crippen LogP contribution in [-0.4, -0.2) is 6.54 Å². The van der Waals surface area contributed by atoms with Gasteiger partial charge in [0.25, 0.3) is 0 Å². The zero-order valence-electron chi connectivity index (χ0n) is 11.9. The Kier molecular flexibility index (Phi) is 5.02. The van der Waals surface area contributed by atoms with Crippen LogP contribution in [-0.2, 0) is 6.18 Å². The van der Waals surface area contributed by atoms with Crippen molar-refractivity contribution >= 4 is 0 Å². The topological polar surface area (TPSA) is 12.0 Å². The Hall–Kier alpha value is -1.03. The Morgan fingerprint density at radius 2 is 1.79 bits per heavy atom. The van der Waals surface area contributed by atoms with E-state index in [0.29, 0.717) is 5.56 Å². The molecular weight excluding hydrogens is 251 g/mol. The predicted molar refractivity (Wildman–Crippen MR) is 71.9 cm³/mol. The van der Waals surface area contributed by atoms with Crippen LogP contribution in [0.3, 0.4) is 0 Å². The molecule has 1 rings (SSSR count). The number of halogens is 3. The molecule has 0 bridgehead atoms. The molecule has 0 spiro atoms. The van der Waals surface area contributed by atoms with E-state index in [4.69, 9.17) is 0 Å². The van der Waals surface area contributed by atoms with Gasteiger partial charge in [-0.25, -0.2) is 0 Å². The van der Waals surface area contributed by atoms with Crippen LogP contribution in [0.1, 0.15) is 51.3 Å². The first-order chi connectivity index (χ1) is 8.72. The molecule has 0 heterocycles. The van der Waals surface area contributed by atoms with Gasteiger partial charge < -0.3 is 5.32 Å². The van der Waals surface area contributed by atoms with Crippen molar-refractivity contribution in [3.05, 3.63) is 35.4 Å². The molecule has 0 aliphatic carbocycles. The Labute approximate surface area is 113 Å². The lowest BCUT2D eigenvalue weighted by atomic mass is 9.78. The summed E-state index contributed by atoms with van der Waals surface area (Å²) in [5.74, 6) is 0. The quantitative estimate of drug-likeness (QED) is 0.813. The first-order valence-electron chi connectivity index (χ1n) is 6.63. The third kappa shape index (κ3) is 3.96. The average Bonchev–Trinajstić information content (AvgIpc) is 2.35. The van der Waals surface area contributed by atoms with Crippen LogP contribution in [0.5, 0.6) is 0 Å². The van der Waals surface area contributed by atoms with E-state index in [-0.39, 0.29) is 11.5 Å². The minimum absolute atomic E-state index is 0.0789. The molecular formula is C15H22F3N. The zero-order valence-corrected chi connectivity index (χ0v) is 11.9.